The average molecular weight is 274 g/mol. The van der Waals surface area contributed by atoms with E-state index in [1.807, 2.05) is 18.2 Å². The maximum Gasteiger partial charge on any atom is 0.223 e. The molecule has 1 aliphatic carbocycles. The first-order valence-electron chi connectivity index (χ1n) is 7.75. The number of nitrogens with one attached hydrogen (secondary N) is 1. The summed E-state index contributed by atoms with van der Waals surface area (Å²) in [4.78, 5) is 16.7. The molecule has 1 aromatic heterocycles. The molecule has 3 atom stereocenters. The van der Waals surface area contributed by atoms with Crippen molar-refractivity contribution < 1.29 is 4.79 Å². The summed E-state index contributed by atoms with van der Waals surface area (Å²) >= 11 is 0. The summed E-state index contributed by atoms with van der Waals surface area (Å²) in [6.07, 6.45) is 5.23. The average Bonchev–Trinajstić information content (AvgIpc) is 2.45. The monoisotopic (exact) mass is 274 g/mol. The van der Waals surface area contributed by atoms with Crippen LogP contribution in [0.3, 0.4) is 0 Å². The van der Waals surface area contributed by atoms with Gasteiger partial charge in [-0.1, -0.05) is 33.3 Å². The van der Waals surface area contributed by atoms with E-state index in [9.17, 15) is 4.79 Å². The first kappa shape index (κ1) is 15.0. The fraction of sp³-hybridized carbons (Fsp3) is 0.647. The molecule has 0 bridgehead atoms. The van der Waals surface area contributed by atoms with Crippen LogP contribution in [-0.2, 0) is 11.3 Å². The van der Waals surface area contributed by atoms with E-state index < -0.39 is 0 Å². The molecular formula is C17H26N2O. The molecule has 20 heavy (non-hydrogen) atoms. The molecule has 1 aromatic rings. The summed E-state index contributed by atoms with van der Waals surface area (Å²) in [6, 6.07) is 5.79. The van der Waals surface area contributed by atoms with Crippen LogP contribution in [0.5, 0.6) is 0 Å². The first-order valence-corrected chi connectivity index (χ1v) is 7.75. The molecule has 1 aliphatic rings. The van der Waals surface area contributed by atoms with Crippen LogP contribution >= 0.6 is 0 Å². The van der Waals surface area contributed by atoms with Crippen LogP contribution in [0.15, 0.2) is 24.4 Å². The molecule has 0 saturated heterocycles. The SMILES string of the molecule is CC1CCC(C(C)C)C(C(=O)NCc2ccccn2)C1. The van der Waals surface area contributed by atoms with E-state index in [-0.39, 0.29) is 11.8 Å². The molecule has 1 amide bonds. The van der Waals surface area contributed by atoms with E-state index in [1.165, 1.54) is 12.8 Å². The van der Waals surface area contributed by atoms with Crippen molar-refractivity contribution in [3.63, 3.8) is 0 Å². The normalized spacial score (nSPS) is 26.5. The number of hydrogen-bond donors (Lipinski definition) is 1. The standard InChI is InChI=1S/C17H26N2O/c1-12(2)15-8-7-13(3)10-16(15)17(20)19-11-14-6-4-5-9-18-14/h4-6,9,12-13,15-16H,7-8,10-11H2,1-3H3,(H,19,20). The largest absolute Gasteiger partial charge is 0.350 e. The molecule has 0 aliphatic heterocycles. The predicted molar refractivity (Wildman–Crippen MR) is 80.9 cm³/mol. The lowest BCUT2D eigenvalue weighted by Crippen LogP contribution is -2.40. The molecule has 3 heteroatoms. The van der Waals surface area contributed by atoms with E-state index in [0.29, 0.717) is 24.3 Å². The zero-order valence-electron chi connectivity index (χ0n) is 12.8. The van der Waals surface area contributed by atoms with Gasteiger partial charge < -0.3 is 5.32 Å². The van der Waals surface area contributed by atoms with Gasteiger partial charge in [0.15, 0.2) is 0 Å². The smallest absolute Gasteiger partial charge is 0.223 e. The number of hydrogen-bond acceptors (Lipinski definition) is 2. The Morgan fingerprint density at radius 3 is 2.85 bits per heavy atom. The molecule has 2 rings (SSSR count). The van der Waals surface area contributed by atoms with Crippen LogP contribution in [0, 0.1) is 23.7 Å². The number of carbonyl (C=O) groups excluding carboxylic acids is 1. The van der Waals surface area contributed by atoms with E-state index in [1.54, 1.807) is 6.20 Å². The lowest BCUT2D eigenvalue weighted by atomic mass is 9.70. The van der Waals surface area contributed by atoms with Crippen molar-refractivity contribution in [1.82, 2.24) is 10.3 Å². The summed E-state index contributed by atoms with van der Waals surface area (Å²) in [5.74, 6) is 2.14. The minimum Gasteiger partial charge on any atom is -0.350 e. The third-order valence-corrected chi connectivity index (χ3v) is 4.53. The van der Waals surface area contributed by atoms with E-state index in [0.717, 1.165) is 12.1 Å². The molecule has 3 unspecified atom stereocenters. The van der Waals surface area contributed by atoms with Gasteiger partial charge in [0.1, 0.15) is 0 Å². The van der Waals surface area contributed by atoms with Crippen LogP contribution in [0.4, 0.5) is 0 Å². The van der Waals surface area contributed by atoms with Crippen molar-refractivity contribution in [3.8, 4) is 0 Å². The first-order chi connectivity index (χ1) is 9.58. The highest BCUT2D eigenvalue weighted by molar-refractivity contribution is 5.79. The molecule has 1 fully saturated rings. The van der Waals surface area contributed by atoms with Crippen LogP contribution < -0.4 is 5.32 Å². The van der Waals surface area contributed by atoms with Crippen LogP contribution in [0.1, 0.15) is 45.7 Å². The molecular weight excluding hydrogens is 248 g/mol. The zero-order chi connectivity index (χ0) is 14.5. The van der Waals surface area contributed by atoms with Crippen molar-refractivity contribution in [2.75, 3.05) is 0 Å². The van der Waals surface area contributed by atoms with Gasteiger partial charge in [-0.05, 0) is 42.7 Å². The second kappa shape index (κ2) is 6.87. The summed E-state index contributed by atoms with van der Waals surface area (Å²) in [6.45, 7) is 7.27. The van der Waals surface area contributed by atoms with Crippen LogP contribution in [0.2, 0.25) is 0 Å². The Bertz CT molecular complexity index is 430. The molecule has 0 spiro atoms. The maximum atomic E-state index is 12.5. The molecule has 0 radical (unpaired) electrons. The summed E-state index contributed by atoms with van der Waals surface area (Å²) in [7, 11) is 0. The van der Waals surface area contributed by atoms with Gasteiger partial charge in [-0.3, -0.25) is 9.78 Å². The number of rotatable bonds is 4. The predicted octanol–water partition coefficient (Wildman–Crippen LogP) is 3.41. The number of aromatic nitrogens is 1. The van der Waals surface area contributed by atoms with Gasteiger partial charge >= 0.3 is 0 Å². The molecule has 110 valence electrons. The van der Waals surface area contributed by atoms with Crippen molar-refractivity contribution >= 4 is 5.91 Å². The number of pyridine rings is 1. The van der Waals surface area contributed by atoms with Gasteiger partial charge in [-0.15, -0.1) is 0 Å². The minimum atomic E-state index is 0.169. The lowest BCUT2D eigenvalue weighted by molar-refractivity contribution is -0.129. The molecule has 0 aromatic carbocycles. The fourth-order valence-electron chi connectivity index (χ4n) is 3.32. The highest BCUT2D eigenvalue weighted by atomic mass is 16.1. The van der Waals surface area contributed by atoms with E-state index in [4.69, 9.17) is 0 Å². The maximum absolute atomic E-state index is 12.5. The molecule has 1 saturated carbocycles. The lowest BCUT2D eigenvalue weighted by Gasteiger charge is -2.36. The van der Waals surface area contributed by atoms with E-state index in [2.05, 4.69) is 31.1 Å². The molecule has 1 heterocycles. The van der Waals surface area contributed by atoms with Crippen molar-refractivity contribution in [2.24, 2.45) is 23.7 Å². The van der Waals surface area contributed by atoms with Crippen molar-refractivity contribution in [1.29, 1.82) is 0 Å². The Kier molecular flexibility index (Phi) is 5.16. The molecule has 1 N–H and O–H groups in total. The quantitative estimate of drug-likeness (QED) is 0.914. The van der Waals surface area contributed by atoms with Crippen LogP contribution in [-0.4, -0.2) is 10.9 Å². The summed E-state index contributed by atoms with van der Waals surface area (Å²) in [5, 5.41) is 3.07. The Labute approximate surface area is 122 Å². The van der Waals surface area contributed by atoms with Crippen molar-refractivity contribution in [2.45, 2.75) is 46.6 Å². The van der Waals surface area contributed by atoms with E-state index >= 15 is 0 Å². The highest BCUT2D eigenvalue weighted by Crippen LogP contribution is 2.38. The Balaban J connectivity index is 1.95. The topological polar surface area (TPSA) is 42.0 Å². The fourth-order valence-corrected chi connectivity index (χ4v) is 3.32. The van der Waals surface area contributed by atoms with Crippen LogP contribution in [0.25, 0.3) is 0 Å². The number of carbonyl (C=O) groups is 1. The molecule has 3 nitrogen and oxygen atoms in total. The third-order valence-electron chi connectivity index (χ3n) is 4.53. The van der Waals surface area contributed by atoms with Gasteiger partial charge in [0.05, 0.1) is 12.2 Å². The summed E-state index contributed by atoms with van der Waals surface area (Å²) < 4.78 is 0. The van der Waals surface area contributed by atoms with Gasteiger partial charge in [-0.2, -0.15) is 0 Å². The second-order valence-corrected chi connectivity index (χ2v) is 6.47. The van der Waals surface area contributed by atoms with Gasteiger partial charge in [0.25, 0.3) is 0 Å². The highest BCUT2D eigenvalue weighted by Gasteiger charge is 2.35. The second-order valence-electron chi connectivity index (χ2n) is 6.47. The zero-order valence-corrected chi connectivity index (χ0v) is 12.8. The Morgan fingerprint density at radius 1 is 1.40 bits per heavy atom. The third kappa shape index (κ3) is 3.81. The Hall–Kier alpha value is -1.38. The van der Waals surface area contributed by atoms with Gasteiger partial charge in [-0.25, -0.2) is 0 Å². The number of nitrogens with zero attached hydrogens (tertiary/aromatic N) is 1. The Morgan fingerprint density at radius 2 is 2.20 bits per heavy atom. The van der Waals surface area contributed by atoms with Crippen molar-refractivity contribution in [3.05, 3.63) is 30.1 Å². The van der Waals surface area contributed by atoms with Gasteiger partial charge in [0.2, 0.25) is 5.91 Å². The summed E-state index contributed by atoms with van der Waals surface area (Å²) in [5.41, 5.74) is 0.922. The number of amides is 1. The van der Waals surface area contributed by atoms with Gasteiger partial charge in [0, 0.05) is 12.1 Å². The minimum absolute atomic E-state index is 0.169.